The van der Waals surface area contributed by atoms with E-state index in [9.17, 15) is 33.9 Å². The Morgan fingerprint density at radius 2 is 1.69 bits per heavy atom. The number of hydrogen-bond donors (Lipinski definition) is 8. The number of nitrogens with one attached hydrogen (secondary N) is 3. The molecule has 196 valence electrons. The molecule has 16 heteroatoms. The second kappa shape index (κ2) is 14.3. The van der Waals surface area contributed by atoms with Gasteiger partial charge in [-0.15, -0.1) is 0 Å². The maximum atomic E-state index is 12.7. The number of hydrogen-bond acceptors (Lipinski definition) is 8. The first-order chi connectivity index (χ1) is 16.5. The van der Waals surface area contributed by atoms with Crippen LogP contribution in [0.4, 0.5) is 0 Å². The summed E-state index contributed by atoms with van der Waals surface area (Å²) < 4.78 is 0. The summed E-state index contributed by atoms with van der Waals surface area (Å²) >= 11 is 0. The third kappa shape index (κ3) is 10.2. The molecule has 1 rings (SSSR count). The second-order valence-corrected chi connectivity index (χ2v) is 7.74. The average Bonchev–Trinajstić information content (AvgIpc) is 3.28. The van der Waals surface area contributed by atoms with Crippen molar-refractivity contribution in [3.63, 3.8) is 0 Å². The van der Waals surface area contributed by atoms with Gasteiger partial charge in [0.15, 0.2) is 5.96 Å². The van der Waals surface area contributed by atoms with Crippen LogP contribution in [0.3, 0.4) is 0 Å². The molecular formula is C19H32N8O8. The fourth-order valence-corrected chi connectivity index (χ4v) is 3.42. The molecule has 4 amide bonds. The van der Waals surface area contributed by atoms with Gasteiger partial charge in [0, 0.05) is 13.1 Å². The molecule has 1 aliphatic rings. The maximum Gasteiger partial charge on any atom is 0.326 e. The summed E-state index contributed by atoms with van der Waals surface area (Å²) in [5.74, 6) is -5.81. The first-order valence-electron chi connectivity index (χ1n) is 10.8. The number of guanidine groups is 1. The van der Waals surface area contributed by atoms with Crippen LogP contribution >= 0.6 is 0 Å². The number of nitrogens with zero attached hydrogens (tertiary/aromatic N) is 2. The van der Waals surface area contributed by atoms with Gasteiger partial charge in [-0.05, 0) is 25.7 Å². The number of carbonyl (C=O) groups is 6. The first-order valence-corrected chi connectivity index (χ1v) is 10.8. The molecule has 11 N–H and O–H groups in total. The summed E-state index contributed by atoms with van der Waals surface area (Å²) in [5.41, 5.74) is 15.7. The Bertz CT molecular complexity index is 845. The molecule has 35 heavy (non-hydrogen) atoms. The molecule has 0 aromatic carbocycles. The summed E-state index contributed by atoms with van der Waals surface area (Å²) in [6.07, 6.45) is 0.307. The largest absolute Gasteiger partial charge is 0.481 e. The van der Waals surface area contributed by atoms with E-state index in [-0.39, 0.29) is 38.4 Å². The molecule has 0 aromatic heterocycles. The minimum atomic E-state index is -1.52. The zero-order valence-corrected chi connectivity index (χ0v) is 19.1. The van der Waals surface area contributed by atoms with Crippen LogP contribution in [0.2, 0.25) is 0 Å². The molecule has 0 radical (unpaired) electrons. The molecule has 0 aromatic rings. The van der Waals surface area contributed by atoms with Crippen LogP contribution in [0, 0.1) is 0 Å². The van der Waals surface area contributed by atoms with Crippen molar-refractivity contribution in [3.8, 4) is 0 Å². The van der Waals surface area contributed by atoms with E-state index in [1.54, 1.807) is 0 Å². The van der Waals surface area contributed by atoms with Gasteiger partial charge in [-0.1, -0.05) is 0 Å². The van der Waals surface area contributed by atoms with E-state index in [1.165, 1.54) is 0 Å². The highest BCUT2D eigenvalue weighted by Crippen LogP contribution is 2.19. The van der Waals surface area contributed by atoms with Gasteiger partial charge in [-0.25, -0.2) is 4.79 Å². The monoisotopic (exact) mass is 500 g/mol. The van der Waals surface area contributed by atoms with Gasteiger partial charge in [0.25, 0.3) is 0 Å². The SMILES string of the molecule is NCC(=O)N[C@@H](CCCN=C(N)N)C(=O)NCC(=O)N[C@@H](CC(=O)O)C(=O)N1CCC[C@H]1C(=O)O. The third-order valence-corrected chi connectivity index (χ3v) is 5.04. The Balaban J connectivity index is 2.75. The highest BCUT2D eigenvalue weighted by molar-refractivity contribution is 5.95. The number of carboxylic acid groups (broad SMARTS) is 2. The van der Waals surface area contributed by atoms with E-state index in [0.717, 1.165) is 4.90 Å². The quantitative estimate of drug-likeness (QED) is 0.0640. The number of aliphatic imine (C=N–C) groups is 1. The number of rotatable bonds is 14. The molecule has 0 saturated carbocycles. The maximum absolute atomic E-state index is 12.7. The number of aliphatic carboxylic acids is 2. The molecule has 3 atom stereocenters. The summed E-state index contributed by atoms with van der Waals surface area (Å²) in [7, 11) is 0. The van der Waals surface area contributed by atoms with Crippen LogP contribution in [-0.4, -0.2) is 101 Å². The van der Waals surface area contributed by atoms with Gasteiger partial charge < -0.3 is 48.3 Å². The van der Waals surface area contributed by atoms with Crippen LogP contribution in [0.5, 0.6) is 0 Å². The number of nitrogens with two attached hydrogens (primary N) is 3. The fraction of sp³-hybridized carbons (Fsp3) is 0.632. The van der Waals surface area contributed by atoms with Crippen molar-refractivity contribution in [3.05, 3.63) is 0 Å². The van der Waals surface area contributed by atoms with Gasteiger partial charge in [-0.3, -0.25) is 29.0 Å². The zero-order chi connectivity index (χ0) is 26.5. The summed E-state index contributed by atoms with van der Waals surface area (Å²) in [6.45, 7) is -0.697. The van der Waals surface area contributed by atoms with Crippen LogP contribution in [0.25, 0.3) is 0 Å². The molecule has 1 fully saturated rings. The first kappa shape index (κ1) is 29.1. The lowest BCUT2D eigenvalue weighted by atomic mass is 10.1. The van der Waals surface area contributed by atoms with E-state index in [4.69, 9.17) is 22.3 Å². The van der Waals surface area contributed by atoms with E-state index in [0.29, 0.717) is 12.8 Å². The Kier molecular flexibility index (Phi) is 11.9. The predicted octanol–water partition coefficient (Wildman–Crippen LogP) is -4.37. The topological polar surface area (TPSA) is 273 Å². The van der Waals surface area contributed by atoms with Crippen molar-refractivity contribution in [2.75, 3.05) is 26.2 Å². The normalized spacial score (nSPS) is 16.5. The highest BCUT2D eigenvalue weighted by atomic mass is 16.4. The van der Waals surface area contributed by atoms with Crippen LogP contribution in [-0.2, 0) is 28.8 Å². The number of carboxylic acids is 2. The highest BCUT2D eigenvalue weighted by Gasteiger charge is 2.38. The molecule has 16 nitrogen and oxygen atoms in total. The standard InChI is InChI=1S/C19H32N8O8/c20-8-13(28)25-10(3-1-5-23-19(21)22)16(32)24-9-14(29)26-11(7-15(30)31)17(33)27-6-2-4-12(27)18(34)35/h10-12H,1-9,20H2,(H,24,32)(H,25,28)(H,26,29)(H,30,31)(H,34,35)(H4,21,22,23)/t10-,11-,12-/m0/s1. The zero-order valence-electron chi connectivity index (χ0n) is 19.1. The summed E-state index contributed by atoms with van der Waals surface area (Å²) in [4.78, 5) is 76.5. The lowest BCUT2D eigenvalue weighted by Gasteiger charge is -2.26. The van der Waals surface area contributed by atoms with Crippen molar-refractivity contribution in [2.45, 2.75) is 50.2 Å². The van der Waals surface area contributed by atoms with Crippen molar-refractivity contribution < 1.29 is 39.0 Å². The third-order valence-electron chi connectivity index (χ3n) is 5.04. The molecule has 0 spiro atoms. The molecule has 1 saturated heterocycles. The van der Waals surface area contributed by atoms with Crippen molar-refractivity contribution in [1.29, 1.82) is 0 Å². The van der Waals surface area contributed by atoms with E-state index >= 15 is 0 Å². The molecule has 1 aliphatic heterocycles. The van der Waals surface area contributed by atoms with Gasteiger partial charge in [0.05, 0.1) is 19.5 Å². The lowest BCUT2D eigenvalue weighted by molar-refractivity contribution is -0.150. The summed E-state index contributed by atoms with van der Waals surface area (Å²) in [6, 6.07) is -3.68. The van der Waals surface area contributed by atoms with Gasteiger partial charge in [-0.2, -0.15) is 0 Å². The van der Waals surface area contributed by atoms with Gasteiger partial charge >= 0.3 is 11.9 Å². The Morgan fingerprint density at radius 3 is 2.26 bits per heavy atom. The minimum Gasteiger partial charge on any atom is -0.481 e. The predicted molar refractivity (Wildman–Crippen MR) is 120 cm³/mol. The van der Waals surface area contributed by atoms with E-state index in [1.807, 2.05) is 0 Å². The lowest BCUT2D eigenvalue weighted by Crippen LogP contribution is -2.55. The van der Waals surface area contributed by atoms with Gasteiger partial charge in [0.1, 0.15) is 18.1 Å². The second-order valence-electron chi connectivity index (χ2n) is 7.74. The molecule has 1 heterocycles. The fourth-order valence-electron chi connectivity index (χ4n) is 3.42. The molecule has 0 aliphatic carbocycles. The van der Waals surface area contributed by atoms with Gasteiger partial charge in [0.2, 0.25) is 23.6 Å². The number of amides is 4. The Morgan fingerprint density at radius 1 is 1.03 bits per heavy atom. The van der Waals surface area contributed by atoms with Crippen molar-refractivity contribution in [2.24, 2.45) is 22.2 Å². The Labute approximate surface area is 200 Å². The number of likely N-dealkylation sites (tertiary alicyclic amines) is 1. The van der Waals surface area contributed by atoms with E-state index in [2.05, 4.69) is 20.9 Å². The van der Waals surface area contributed by atoms with Crippen LogP contribution in [0.15, 0.2) is 4.99 Å². The van der Waals surface area contributed by atoms with Crippen molar-refractivity contribution >= 4 is 41.5 Å². The van der Waals surface area contributed by atoms with Crippen LogP contribution < -0.4 is 33.2 Å². The Hall–Kier alpha value is -3.95. The molecule has 0 unspecified atom stereocenters. The van der Waals surface area contributed by atoms with Crippen LogP contribution in [0.1, 0.15) is 32.1 Å². The minimum absolute atomic E-state index is 0.112. The summed E-state index contributed by atoms with van der Waals surface area (Å²) in [5, 5.41) is 25.3. The molecule has 0 bridgehead atoms. The number of carbonyl (C=O) groups excluding carboxylic acids is 4. The smallest absolute Gasteiger partial charge is 0.326 e. The van der Waals surface area contributed by atoms with E-state index < -0.39 is 66.7 Å². The van der Waals surface area contributed by atoms with Crippen molar-refractivity contribution in [1.82, 2.24) is 20.9 Å². The average molecular weight is 501 g/mol. The molecular weight excluding hydrogens is 468 g/mol.